The van der Waals surface area contributed by atoms with Crippen molar-refractivity contribution in [3.63, 3.8) is 0 Å². The zero-order chi connectivity index (χ0) is 14.8. The van der Waals surface area contributed by atoms with E-state index in [2.05, 4.69) is 5.32 Å². The first-order chi connectivity index (χ1) is 9.29. The molecule has 1 aliphatic rings. The van der Waals surface area contributed by atoms with Crippen LogP contribution in [0, 0.1) is 0 Å². The van der Waals surface area contributed by atoms with Gasteiger partial charge in [0.2, 0.25) is 0 Å². The summed E-state index contributed by atoms with van der Waals surface area (Å²) in [4.78, 5) is 0. The summed E-state index contributed by atoms with van der Waals surface area (Å²) in [7, 11) is -3.25. The lowest BCUT2D eigenvalue weighted by Gasteiger charge is -2.11. The minimum absolute atomic E-state index is 0.110. The highest BCUT2D eigenvalue weighted by Crippen LogP contribution is 2.29. The minimum atomic E-state index is -4.40. The molecule has 0 aromatic heterocycles. The third-order valence-electron chi connectivity index (χ3n) is 3.45. The van der Waals surface area contributed by atoms with Crippen molar-refractivity contribution < 1.29 is 21.6 Å². The molecule has 1 aliphatic heterocycles. The average molecular weight is 307 g/mol. The summed E-state index contributed by atoms with van der Waals surface area (Å²) < 4.78 is 61.7. The molecule has 1 unspecified atom stereocenters. The number of hydrogen-bond acceptors (Lipinski definition) is 3. The van der Waals surface area contributed by atoms with Gasteiger partial charge in [0.1, 0.15) is 0 Å². The Bertz CT molecular complexity index is 563. The second-order valence-electron chi connectivity index (χ2n) is 4.93. The highest BCUT2D eigenvalue weighted by molar-refractivity contribution is 7.92. The molecule has 0 aliphatic carbocycles. The van der Waals surface area contributed by atoms with Crippen LogP contribution in [-0.2, 0) is 22.4 Å². The van der Waals surface area contributed by atoms with Crippen LogP contribution in [-0.4, -0.2) is 32.5 Å². The van der Waals surface area contributed by atoms with E-state index in [-0.39, 0.29) is 12.2 Å². The van der Waals surface area contributed by atoms with Crippen molar-refractivity contribution in [3.8, 4) is 0 Å². The summed E-state index contributed by atoms with van der Waals surface area (Å²) in [5.74, 6) is -0.110. The molecule has 1 N–H and O–H groups in total. The summed E-state index contributed by atoms with van der Waals surface area (Å²) in [6, 6.07) is 4.83. The summed E-state index contributed by atoms with van der Waals surface area (Å²) in [6.45, 7) is 1.11. The first-order valence-corrected chi connectivity index (χ1v) is 8.09. The maximum atomic E-state index is 12.6. The van der Waals surface area contributed by atoms with Crippen molar-refractivity contribution >= 4 is 9.84 Å². The van der Waals surface area contributed by atoms with Gasteiger partial charge in [0, 0.05) is 6.54 Å². The number of benzene rings is 1. The van der Waals surface area contributed by atoms with Gasteiger partial charge < -0.3 is 5.32 Å². The molecule has 0 spiro atoms. The molecular weight excluding hydrogens is 291 g/mol. The van der Waals surface area contributed by atoms with Crippen LogP contribution in [0.1, 0.15) is 17.5 Å². The molecule has 3 nitrogen and oxygen atoms in total. The van der Waals surface area contributed by atoms with Gasteiger partial charge >= 0.3 is 6.18 Å². The number of sulfone groups is 1. The predicted octanol–water partition coefficient (Wildman–Crippen LogP) is 2.02. The Kier molecular flexibility index (Phi) is 4.39. The van der Waals surface area contributed by atoms with Crippen LogP contribution in [0.4, 0.5) is 13.2 Å². The Labute approximate surface area is 116 Å². The largest absolute Gasteiger partial charge is 0.416 e. The van der Waals surface area contributed by atoms with Crippen LogP contribution in [0.25, 0.3) is 0 Å². The Morgan fingerprint density at radius 1 is 1.30 bits per heavy atom. The molecule has 1 atom stereocenters. The molecule has 0 radical (unpaired) electrons. The quantitative estimate of drug-likeness (QED) is 0.926. The van der Waals surface area contributed by atoms with Gasteiger partial charge in [-0.25, -0.2) is 8.42 Å². The third kappa shape index (κ3) is 3.73. The molecule has 112 valence electrons. The molecular formula is C13H16F3NO2S. The fourth-order valence-electron chi connectivity index (χ4n) is 2.26. The van der Waals surface area contributed by atoms with Crippen molar-refractivity contribution in [1.29, 1.82) is 0 Å². The Morgan fingerprint density at radius 3 is 2.65 bits per heavy atom. The molecule has 0 bridgehead atoms. The van der Waals surface area contributed by atoms with Gasteiger partial charge in [0.15, 0.2) is 9.84 Å². The highest BCUT2D eigenvalue weighted by Gasteiger charge is 2.31. The van der Waals surface area contributed by atoms with Crippen LogP contribution in [0.5, 0.6) is 0 Å². The van der Waals surface area contributed by atoms with E-state index in [0.717, 1.165) is 12.1 Å². The van der Waals surface area contributed by atoms with E-state index < -0.39 is 26.8 Å². The van der Waals surface area contributed by atoms with Gasteiger partial charge in [-0.2, -0.15) is 13.2 Å². The molecule has 0 saturated carbocycles. The average Bonchev–Trinajstić information content (AvgIpc) is 2.90. The fourth-order valence-corrected chi connectivity index (χ4v) is 3.97. The maximum Gasteiger partial charge on any atom is 0.416 e. The van der Waals surface area contributed by atoms with Gasteiger partial charge in [-0.3, -0.25) is 0 Å². The van der Waals surface area contributed by atoms with Crippen molar-refractivity contribution in [2.24, 2.45) is 0 Å². The monoisotopic (exact) mass is 307 g/mol. The summed E-state index contributed by atoms with van der Waals surface area (Å²) >= 11 is 0. The number of aryl methyl sites for hydroxylation is 1. The zero-order valence-electron chi connectivity index (χ0n) is 10.8. The van der Waals surface area contributed by atoms with E-state index >= 15 is 0 Å². The van der Waals surface area contributed by atoms with Gasteiger partial charge in [-0.05, 0) is 31.0 Å². The topological polar surface area (TPSA) is 46.2 Å². The molecule has 1 aromatic rings. The predicted molar refractivity (Wildman–Crippen MR) is 70.2 cm³/mol. The number of alkyl halides is 3. The van der Waals surface area contributed by atoms with Crippen LogP contribution >= 0.6 is 0 Å². The van der Waals surface area contributed by atoms with E-state index in [1.54, 1.807) is 0 Å². The standard InChI is InChI=1S/C13H16F3NO2S/c14-13(15,16)11-3-1-2-10(8-11)5-7-20(18,19)12-4-6-17-9-12/h1-3,8,12,17H,4-7,9H2. The normalized spacial score (nSPS) is 20.2. The van der Waals surface area contributed by atoms with Crippen LogP contribution in [0.2, 0.25) is 0 Å². The molecule has 1 saturated heterocycles. The molecule has 7 heteroatoms. The Balaban J connectivity index is 2.04. The molecule has 2 rings (SSSR count). The van der Waals surface area contributed by atoms with E-state index in [9.17, 15) is 21.6 Å². The van der Waals surface area contributed by atoms with Crippen LogP contribution in [0.3, 0.4) is 0 Å². The number of rotatable bonds is 4. The van der Waals surface area contributed by atoms with Crippen molar-refractivity contribution in [2.75, 3.05) is 18.8 Å². The number of nitrogens with one attached hydrogen (secondary N) is 1. The van der Waals surface area contributed by atoms with Crippen LogP contribution < -0.4 is 5.32 Å². The third-order valence-corrected chi connectivity index (χ3v) is 5.64. The van der Waals surface area contributed by atoms with Gasteiger partial charge in [-0.15, -0.1) is 0 Å². The smallest absolute Gasteiger partial charge is 0.315 e. The molecule has 1 aromatic carbocycles. The van der Waals surface area contributed by atoms with E-state index in [4.69, 9.17) is 0 Å². The van der Waals surface area contributed by atoms with E-state index in [1.807, 2.05) is 0 Å². The lowest BCUT2D eigenvalue weighted by molar-refractivity contribution is -0.137. The molecule has 20 heavy (non-hydrogen) atoms. The summed E-state index contributed by atoms with van der Waals surface area (Å²) in [6.07, 6.45) is -3.71. The van der Waals surface area contributed by atoms with Crippen molar-refractivity contribution in [2.45, 2.75) is 24.3 Å². The molecule has 1 heterocycles. The summed E-state index contributed by atoms with van der Waals surface area (Å²) in [5, 5.41) is 2.57. The SMILES string of the molecule is O=S(=O)(CCc1cccc(C(F)(F)F)c1)C1CCNC1. The second kappa shape index (κ2) is 5.73. The highest BCUT2D eigenvalue weighted by atomic mass is 32.2. The Hall–Kier alpha value is -1.08. The maximum absolute atomic E-state index is 12.6. The minimum Gasteiger partial charge on any atom is -0.315 e. The summed E-state index contributed by atoms with van der Waals surface area (Å²) in [5.41, 5.74) is -0.343. The van der Waals surface area contributed by atoms with Gasteiger partial charge in [0.25, 0.3) is 0 Å². The van der Waals surface area contributed by atoms with E-state index in [1.165, 1.54) is 12.1 Å². The first-order valence-electron chi connectivity index (χ1n) is 6.37. The molecule has 1 fully saturated rings. The van der Waals surface area contributed by atoms with Crippen LogP contribution in [0.15, 0.2) is 24.3 Å². The van der Waals surface area contributed by atoms with Crippen molar-refractivity contribution in [3.05, 3.63) is 35.4 Å². The van der Waals surface area contributed by atoms with Gasteiger partial charge in [0.05, 0.1) is 16.6 Å². The number of halogens is 3. The first kappa shape index (κ1) is 15.3. The zero-order valence-corrected chi connectivity index (χ0v) is 11.6. The lowest BCUT2D eigenvalue weighted by Crippen LogP contribution is -2.27. The van der Waals surface area contributed by atoms with Gasteiger partial charge in [-0.1, -0.05) is 18.2 Å². The lowest BCUT2D eigenvalue weighted by atomic mass is 10.1. The second-order valence-corrected chi connectivity index (χ2v) is 7.33. The Morgan fingerprint density at radius 2 is 2.05 bits per heavy atom. The van der Waals surface area contributed by atoms with E-state index in [0.29, 0.717) is 25.1 Å². The molecule has 0 amide bonds. The number of hydrogen-bond donors (Lipinski definition) is 1. The fraction of sp³-hybridized carbons (Fsp3) is 0.538. The van der Waals surface area contributed by atoms with Crippen molar-refractivity contribution in [1.82, 2.24) is 5.32 Å².